The summed E-state index contributed by atoms with van der Waals surface area (Å²) >= 11 is 0. The van der Waals surface area contributed by atoms with Gasteiger partial charge in [-0.1, -0.05) is 49.4 Å². The molecule has 20 heavy (non-hydrogen) atoms. The van der Waals surface area contributed by atoms with Gasteiger partial charge in [-0.15, -0.1) is 0 Å². The standard InChI is InChI=1S/C17H20N2O/c1-2-12-18-13-17(20)19-16-10-8-15(9-11-16)14-6-4-3-5-7-14/h3-11,18H,2,12-13H2,1H3,(H,19,20). The summed E-state index contributed by atoms with van der Waals surface area (Å²) in [5.41, 5.74) is 3.15. The smallest absolute Gasteiger partial charge is 0.238 e. The zero-order chi connectivity index (χ0) is 14.2. The van der Waals surface area contributed by atoms with Crippen LogP contribution in [0.5, 0.6) is 0 Å². The number of rotatable bonds is 6. The van der Waals surface area contributed by atoms with Crippen LogP contribution in [-0.4, -0.2) is 19.0 Å². The van der Waals surface area contributed by atoms with Crippen LogP contribution in [0.3, 0.4) is 0 Å². The Morgan fingerprint density at radius 1 is 0.950 bits per heavy atom. The molecule has 2 aromatic carbocycles. The third-order valence-electron chi connectivity index (χ3n) is 2.99. The average molecular weight is 268 g/mol. The van der Waals surface area contributed by atoms with Gasteiger partial charge < -0.3 is 10.6 Å². The Morgan fingerprint density at radius 2 is 1.60 bits per heavy atom. The van der Waals surface area contributed by atoms with Gasteiger partial charge >= 0.3 is 0 Å². The van der Waals surface area contributed by atoms with Gasteiger partial charge in [0.05, 0.1) is 6.54 Å². The Morgan fingerprint density at radius 3 is 2.25 bits per heavy atom. The van der Waals surface area contributed by atoms with E-state index in [1.165, 1.54) is 5.56 Å². The van der Waals surface area contributed by atoms with Gasteiger partial charge in [-0.2, -0.15) is 0 Å². The molecular weight excluding hydrogens is 248 g/mol. The van der Waals surface area contributed by atoms with E-state index in [-0.39, 0.29) is 5.91 Å². The predicted octanol–water partition coefficient (Wildman–Crippen LogP) is 3.29. The molecule has 0 unspecified atom stereocenters. The predicted molar refractivity (Wildman–Crippen MR) is 83.7 cm³/mol. The molecule has 0 saturated carbocycles. The van der Waals surface area contributed by atoms with Gasteiger partial charge in [0, 0.05) is 5.69 Å². The molecular formula is C17H20N2O. The highest BCUT2D eigenvalue weighted by Crippen LogP contribution is 2.20. The molecule has 0 saturated heterocycles. The summed E-state index contributed by atoms with van der Waals surface area (Å²) in [4.78, 5) is 11.7. The first kappa shape index (κ1) is 14.3. The van der Waals surface area contributed by atoms with Crippen molar-refractivity contribution in [3.05, 3.63) is 54.6 Å². The number of anilines is 1. The largest absolute Gasteiger partial charge is 0.325 e. The van der Waals surface area contributed by atoms with Crippen molar-refractivity contribution in [1.82, 2.24) is 5.32 Å². The van der Waals surface area contributed by atoms with E-state index in [9.17, 15) is 4.79 Å². The second-order valence-electron chi connectivity index (χ2n) is 4.67. The summed E-state index contributed by atoms with van der Waals surface area (Å²) in [7, 11) is 0. The number of carbonyl (C=O) groups is 1. The van der Waals surface area contributed by atoms with Gasteiger partial charge in [0.2, 0.25) is 5.91 Å². The van der Waals surface area contributed by atoms with Crippen LogP contribution >= 0.6 is 0 Å². The van der Waals surface area contributed by atoms with E-state index in [4.69, 9.17) is 0 Å². The number of amides is 1. The molecule has 2 N–H and O–H groups in total. The van der Waals surface area contributed by atoms with E-state index in [1.54, 1.807) is 0 Å². The highest BCUT2D eigenvalue weighted by atomic mass is 16.1. The van der Waals surface area contributed by atoms with Crippen molar-refractivity contribution < 1.29 is 4.79 Å². The minimum atomic E-state index is -0.00842. The molecule has 3 heteroatoms. The van der Waals surface area contributed by atoms with Crippen molar-refractivity contribution in [3.63, 3.8) is 0 Å². The Bertz CT molecular complexity index is 535. The summed E-state index contributed by atoms with van der Waals surface area (Å²) in [5, 5.41) is 5.96. The summed E-state index contributed by atoms with van der Waals surface area (Å²) in [6.07, 6.45) is 1.03. The molecule has 0 spiro atoms. The van der Waals surface area contributed by atoms with E-state index < -0.39 is 0 Å². The molecule has 0 bridgehead atoms. The summed E-state index contributed by atoms with van der Waals surface area (Å²) in [6, 6.07) is 18.1. The highest BCUT2D eigenvalue weighted by molar-refractivity contribution is 5.92. The van der Waals surface area contributed by atoms with Crippen LogP contribution in [0.25, 0.3) is 11.1 Å². The second-order valence-corrected chi connectivity index (χ2v) is 4.67. The van der Waals surface area contributed by atoms with E-state index in [0.717, 1.165) is 24.2 Å². The fourth-order valence-corrected chi connectivity index (χ4v) is 1.96. The first-order valence-corrected chi connectivity index (χ1v) is 6.95. The highest BCUT2D eigenvalue weighted by Gasteiger charge is 2.02. The van der Waals surface area contributed by atoms with E-state index in [2.05, 4.69) is 29.7 Å². The van der Waals surface area contributed by atoms with Crippen molar-refractivity contribution in [2.24, 2.45) is 0 Å². The monoisotopic (exact) mass is 268 g/mol. The zero-order valence-corrected chi connectivity index (χ0v) is 11.7. The molecule has 0 aromatic heterocycles. The van der Waals surface area contributed by atoms with Gasteiger partial charge in [-0.25, -0.2) is 0 Å². The Labute approximate surface area is 120 Å². The number of hydrogen-bond acceptors (Lipinski definition) is 2. The molecule has 2 aromatic rings. The molecule has 0 aliphatic carbocycles. The molecule has 0 atom stereocenters. The minimum absolute atomic E-state index is 0.00842. The molecule has 0 fully saturated rings. The lowest BCUT2D eigenvalue weighted by Gasteiger charge is -2.07. The second kappa shape index (κ2) is 7.46. The lowest BCUT2D eigenvalue weighted by Crippen LogP contribution is -2.28. The van der Waals surface area contributed by atoms with Crippen LogP contribution in [0.4, 0.5) is 5.69 Å². The molecule has 1 amide bonds. The van der Waals surface area contributed by atoms with Crippen molar-refractivity contribution in [3.8, 4) is 11.1 Å². The average Bonchev–Trinajstić information content (AvgIpc) is 2.49. The van der Waals surface area contributed by atoms with Crippen molar-refractivity contribution in [2.75, 3.05) is 18.4 Å². The van der Waals surface area contributed by atoms with Crippen LogP contribution in [0, 0.1) is 0 Å². The van der Waals surface area contributed by atoms with E-state index in [0.29, 0.717) is 6.54 Å². The summed E-state index contributed by atoms with van der Waals surface area (Å²) < 4.78 is 0. The maximum atomic E-state index is 11.7. The van der Waals surface area contributed by atoms with Gasteiger partial charge in [0.1, 0.15) is 0 Å². The molecule has 0 aliphatic heterocycles. The number of benzene rings is 2. The molecule has 104 valence electrons. The number of carbonyl (C=O) groups excluding carboxylic acids is 1. The molecule has 0 radical (unpaired) electrons. The van der Waals surface area contributed by atoms with Gasteiger partial charge in [-0.3, -0.25) is 4.79 Å². The Balaban J connectivity index is 1.93. The third-order valence-corrected chi connectivity index (χ3v) is 2.99. The first-order valence-electron chi connectivity index (χ1n) is 6.95. The topological polar surface area (TPSA) is 41.1 Å². The number of hydrogen-bond donors (Lipinski definition) is 2. The van der Waals surface area contributed by atoms with Crippen LogP contribution in [-0.2, 0) is 4.79 Å². The lowest BCUT2D eigenvalue weighted by molar-refractivity contribution is -0.115. The summed E-state index contributed by atoms with van der Waals surface area (Å²) in [6.45, 7) is 3.29. The third kappa shape index (κ3) is 4.21. The van der Waals surface area contributed by atoms with Gasteiger partial charge in [0.25, 0.3) is 0 Å². The van der Waals surface area contributed by atoms with Crippen LogP contribution < -0.4 is 10.6 Å². The number of nitrogens with one attached hydrogen (secondary N) is 2. The lowest BCUT2D eigenvalue weighted by atomic mass is 10.1. The maximum absolute atomic E-state index is 11.7. The maximum Gasteiger partial charge on any atom is 0.238 e. The zero-order valence-electron chi connectivity index (χ0n) is 11.7. The molecule has 0 heterocycles. The Hall–Kier alpha value is -2.13. The van der Waals surface area contributed by atoms with Gasteiger partial charge in [0.15, 0.2) is 0 Å². The minimum Gasteiger partial charge on any atom is -0.325 e. The van der Waals surface area contributed by atoms with Crippen LogP contribution in [0.2, 0.25) is 0 Å². The summed E-state index contributed by atoms with van der Waals surface area (Å²) in [5.74, 6) is -0.00842. The van der Waals surface area contributed by atoms with E-state index in [1.807, 2.05) is 42.5 Å². The van der Waals surface area contributed by atoms with Crippen LogP contribution in [0.15, 0.2) is 54.6 Å². The van der Waals surface area contributed by atoms with E-state index >= 15 is 0 Å². The fourth-order valence-electron chi connectivity index (χ4n) is 1.96. The first-order chi connectivity index (χ1) is 9.79. The SMILES string of the molecule is CCCNCC(=O)Nc1ccc(-c2ccccc2)cc1. The normalized spacial score (nSPS) is 10.2. The van der Waals surface area contributed by atoms with Crippen LogP contribution in [0.1, 0.15) is 13.3 Å². The fraction of sp³-hybridized carbons (Fsp3) is 0.235. The molecule has 0 aliphatic rings. The molecule has 2 rings (SSSR count). The van der Waals surface area contributed by atoms with Gasteiger partial charge in [-0.05, 0) is 36.2 Å². The molecule has 3 nitrogen and oxygen atoms in total. The van der Waals surface area contributed by atoms with Crippen molar-refractivity contribution in [2.45, 2.75) is 13.3 Å². The van der Waals surface area contributed by atoms with Crippen molar-refractivity contribution >= 4 is 11.6 Å². The Kier molecular flexibility index (Phi) is 5.33. The van der Waals surface area contributed by atoms with Crippen molar-refractivity contribution in [1.29, 1.82) is 0 Å². The quantitative estimate of drug-likeness (QED) is 0.789.